The number of piperidine rings is 1. The zero-order valence-corrected chi connectivity index (χ0v) is 9.47. The fourth-order valence-electron chi connectivity index (χ4n) is 2.25. The minimum atomic E-state index is -2.37. The Balaban J connectivity index is 2.24. The molecule has 2 rings (SSSR count). The Morgan fingerprint density at radius 2 is 2.12 bits per heavy atom. The Hall–Kier alpha value is -0.960. The molecule has 1 atom stereocenters. The highest BCUT2D eigenvalue weighted by Crippen LogP contribution is 2.29. The summed E-state index contributed by atoms with van der Waals surface area (Å²) >= 11 is 0. The minimum Gasteiger partial charge on any atom is -0.310 e. The summed E-state index contributed by atoms with van der Waals surface area (Å²) in [6, 6.07) is 5.67. The number of nitrogens with one attached hydrogen (secondary N) is 1. The van der Waals surface area contributed by atoms with Crippen LogP contribution < -0.4 is 5.32 Å². The second kappa shape index (κ2) is 4.91. The highest BCUT2D eigenvalue weighted by atomic mass is 19.3. The van der Waals surface area contributed by atoms with Crippen LogP contribution >= 0.6 is 0 Å². The second-order valence-electron chi connectivity index (χ2n) is 4.42. The predicted octanol–water partition coefficient (Wildman–Crippen LogP) is 3.75. The molecule has 1 N–H and O–H groups in total. The van der Waals surface area contributed by atoms with Crippen molar-refractivity contribution in [3.63, 3.8) is 0 Å². The van der Waals surface area contributed by atoms with Crippen molar-refractivity contribution in [2.24, 2.45) is 0 Å². The van der Waals surface area contributed by atoms with E-state index in [4.69, 9.17) is 0 Å². The Morgan fingerprint density at radius 1 is 1.31 bits per heavy atom. The summed E-state index contributed by atoms with van der Waals surface area (Å²) in [7, 11) is 0. The molecule has 1 fully saturated rings. The van der Waals surface area contributed by atoms with Gasteiger partial charge in [0.2, 0.25) is 0 Å². The number of aryl methyl sites for hydroxylation is 1. The zero-order chi connectivity index (χ0) is 11.5. The molecule has 88 valence electrons. The van der Waals surface area contributed by atoms with E-state index in [2.05, 4.69) is 5.32 Å². The molecule has 0 bridgehead atoms. The highest BCUT2D eigenvalue weighted by Gasteiger charge is 2.17. The summed E-state index contributed by atoms with van der Waals surface area (Å²) in [5, 5.41) is 3.38. The fourth-order valence-corrected chi connectivity index (χ4v) is 2.25. The third kappa shape index (κ3) is 2.40. The third-order valence-corrected chi connectivity index (χ3v) is 3.25. The van der Waals surface area contributed by atoms with Gasteiger partial charge in [0.15, 0.2) is 0 Å². The molecule has 0 aliphatic carbocycles. The van der Waals surface area contributed by atoms with Crippen molar-refractivity contribution >= 4 is 0 Å². The quantitative estimate of drug-likeness (QED) is 0.808. The van der Waals surface area contributed by atoms with Crippen LogP contribution in [0.4, 0.5) is 8.78 Å². The first-order valence-corrected chi connectivity index (χ1v) is 5.80. The van der Waals surface area contributed by atoms with Gasteiger partial charge in [0.05, 0.1) is 0 Å². The summed E-state index contributed by atoms with van der Waals surface area (Å²) in [6.45, 7) is 2.72. The lowest BCUT2D eigenvalue weighted by Crippen LogP contribution is -2.26. The van der Waals surface area contributed by atoms with Crippen molar-refractivity contribution in [1.82, 2.24) is 5.32 Å². The van der Waals surface area contributed by atoms with Gasteiger partial charge in [-0.25, -0.2) is 8.78 Å². The SMILES string of the molecule is Cc1ccc(C2CCCCN2)cc1C(F)F. The summed E-state index contributed by atoms with van der Waals surface area (Å²) in [5.41, 5.74) is 1.85. The van der Waals surface area contributed by atoms with E-state index in [0.717, 1.165) is 18.5 Å². The van der Waals surface area contributed by atoms with Crippen LogP contribution in [0.25, 0.3) is 0 Å². The Kier molecular flexibility index (Phi) is 3.54. The molecule has 1 heterocycles. The van der Waals surface area contributed by atoms with Gasteiger partial charge in [0, 0.05) is 11.6 Å². The van der Waals surface area contributed by atoms with Gasteiger partial charge < -0.3 is 5.32 Å². The number of hydrogen-bond acceptors (Lipinski definition) is 1. The van der Waals surface area contributed by atoms with Crippen LogP contribution in [0.5, 0.6) is 0 Å². The number of rotatable bonds is 2. The van der Waals surface area contributed by atoms with Crippen LogP contribution in [0, 0.1) is 6.92 Å². The molecular formula is C13H17F2N. The molecule has 0 amide bonds. The molecule has 1 aromatic carbocycles. The molecule has 1 unspecified atom stereocenters. The van der Waals surface area contributed by atoms with Gasteiger partial charge >= 0.3 is 0 Å². The minimum absolute atomic E-state index is 0.171. The van der Waals surface area contributed by atoms with Gasteiger partial charge in [0.1, 0.15) is 0 Å². The fraction of sp³-hybridized carbons (Fsp3) is 0.538. The van der Waals surface area contributed by atoms with Gasteiger partial charge in [-0.3, -0.25) is 0 Å². The summed E-state index contributed by atoms with van der Waals surface area (Å²) < 4.78 is 25.5. The van der Waals surface area contributed by atoms with Crippen LogP contribution in [0.2, 0.25) is 0 Å². The third-order valence-electron chi connectivity index (χ3n) is 3.25. The number of halogens is 2. The summed E-state index contributed by atoms with van der Waals surface area (Å²) in [5.74, 6) is 0. The molecule has 3 heteroatoms. The maximum absolute atomic E-state index is 12.8. The second-order valence-corrected chi connectivity index (χ2v) is 4.42. The van der Waals surface area contributed by atoms with Crippen molar-refractivity contribution in [2.75, 3.05) is 6.54 Å². The standard InChI is InChI=1S/C13H17F2N/c1-9-5-6-10(8-11(9)13(14)15)12-4-2-3-7-16-12/h5-6,8,12-13,16H,2-4,7H2,1H3. The van der Waals surface area contributed by atoms with Crippen molar-refractivity contribution < 1.29 is 8.78 Å². The van der Waals surface area contributed by atoms with Crippen molar-refractivity contribution in [2.45, 2.75) is 38.7 Å². The maximum atomic E-state index is 12.8. The molecule has 1 aliphatic heterocycles. The lowest BCUT2D eigenvalue weighted by molar-refractivity contribution is 0.150. The van der Waals surface area contributed by atoms with E-state index in [1.54, 1.807) is 19.1 Å². The van der Waals surface area contributed by atoms with Crippen LogP contribution in [0.3, 0.4) is 0 Å². The summed E-state index contributed by atoms with van der Waals surface area (Å²) in [6.07, 6.45) is 1.04. The van der Waals surface area contributed by atoms with Crippen LogP contribution in [0.1, 0.15) is 48.4 Å². The Bertz CT molecular complexity index is 357. The topological polar surface area (TPSA) is 12.0 Å². The largest absolute Gasteiger partial charge is 0.310 e. The first-order chi connectivity index (χ1) is 7.68. The zero-order valence-electron chi connectivity index (χ0n) is 9.47. The number of benzene rings is 1. The average Bonchev–Trinajstić information content (AvgIpc) is 2.30. The van der Waals surface area contributed by atoms with E-state index < -0.39 is 6.43 Å². The van der Waals surface area contributed by atoms with Crippen LogP contribution in [-0.2, 0) is 0 Å². The molecule has 0 aromatic heterocycles. The first-order valence-electron chi connectivity index (χ1n) is 5.80. The van der Waals surface area contributed by atoms with Crippen molar-refractivity contribution in [3.8, 4) is 0 Å². The molecule has 0 saturated carbocycles. The van der Waals surface area contributed by atoms with E-state index in [0.29, 0.717) is 5.56 Å². The normalized spacial score (nSPS) is 21.4. The van der Waals surface area contributed by atoms with Crippen molar-refractivity contribution in [1.29, 1.82) is 0 Å². The molecule has 1 aromatic rings. The highest BCUT2D eigenvalue weighted by molar-refractivity contribution is 5.33. The molecule has 0 spiro atoms. The number of hydrogen-bond donors (Lipinski definition) is 1. The number of alkyl halides is 2. The van der Waals surface area contributed by atoms with Crippen molar-refractivity contribution in [3.05, 3.63) is 34.9 Å². The molecular weight excluding hydrogens is 208 g/mol. The van der Waals surface area contributed by atoms with Gasteiger partial charge in [-0.2, -0.15) is 0 Å². The smallest absolute Gasteiger partial charge is 0.264 e. The molecule has 0 radical (unpaired) electrons. The molecule has 16 heavy (non-hydrogen) atoms. The monoisotopic (exact) mass is 225 g/mol. The van der Waals surface area contributed by atoms with Crippen LogP contribution in [-0.4, -0.2) is 6.54 Å². The molecule has 1 nitrogen and oxygen atoms in total. The molecule has 1 saturated heterocycles. The maximum Gasteiger partial charge on any atom is 0.264 e. The van der Waals surface area contributed by atoms with Crippen LogP contribution in [0.15, 0.2) is 18.2 Å². The van der Waals surface area contributed by atoms with E-state index in [-0.39, 0.29) is 11.6 Å². The predicted molar refractivity (Wildman–Crippen MR) is 60.7 cm³/mol. The Labute approximate surface area is 94.9 Å². The van der Waals surface area contributed by atoms with Gasteiger partial charge in [-0.15, -0.1) is 0 Å². The van der Waals surface area contributed by atoms with Gasteiger partial charge in [-0.1, -0.05) is 18.6 Å². The van der Waals surface area contributed by atoms with Gasteiger partial charge in [-0.05, 0) is 43.5 Å². The van der Waals surface area contributed by atoms with Gasteiger partial charge in [0.25, 0.3) is 6.43 Å². The van der Waals surface area contributed by atoms with E-state index in [9.17, 15) is 8.78 Å². The summed E-state index contributed by atoms with van der Waals surface area (Å²) in [4.78, 5) is 0. The lowest BCUT2D eigenvalue weighted by Gasteiger charge is -2.24. The molecule has 1 aliphatic rings. The Morgan fingerprint density at radius 3 is 2.75 bits per heavy atom. The first kappa shape index (κ1) is 11.5. The lowest BCUT2D eigenvalue weighted by atomic mass is 9.94. The van der Waals surface area contributed by atoms with E-state index in [1.165, 1.54) is 12.8 Å². The van der Waals surface area contributed by atoms with E-state index >= 15 is 0 Å². The van der Waals surface area contributed by atoms with E-state index in [1.807, 2.05) is 6.07 Å². The average molecular weight is 225 g/mol.